The van der Waals surface area contributed by atoms with E-state index in [0.29, 0.717) is 41.0 Å². The average molecular weight is 388 g/mol. The van der Waals surface area contributed by atoms with Gasteiger partial charge in [-0.1, -0.05) is 12.1 Å². The number of aromatic nitrogens is 2. The number of hydrogen-bond donors (Lipinski definition) is 2. The Balaban J connectivity index is 1.57. The van der Waals surface area contributed by atoms with E-state index in [1.165, 1.54) is 17.4 Å². The van der Waals surface area contributed by atoms with E-state index in [1.54, 1.807) is 34.2 Å². The number of thiazole rings is 1. The number of halogens is 1. The van der Waals surface area contributed by atoms with Crippen molar-refractivity contribution in [3.05, 3.63) is 47.4 Å². The molecule has 2 N–H and O–H groups in total. The number of benzene rings is 1. The van der Waals surface area contributed by atoms with Gasteiger partial charge in [0.15, 0.2) is 4.96 Å². The van der Waals surface area contributed by atoms with Crippen LogP contribution in [-0.2, 0) is 0 Å². The summed E-state index contributed by atoms with van der Waals surface area (Å²) in [4.78, 5) is 19.9. The maximum atomic E-state index is 14.0. The maximum absolute atomic E-state index is 14.0. The summed E-state index contributed by atoms with van der Waals surface area (Å²) in [6.07, 6.45) is 1.08. The number of β-amino-alcohol motifs (C(OH)–C–C–N with tert-alkyl or cyclic N) is 1. The second-order valence-electron chi connectivity index (χ2n) is 7.07. The topological polar surface area (TPSA) is 69.9 Å². The molecule has 0 spiro atoms. The number of likely N-dealkylation sites (tertiary alicyclic amines) is 1. The van der Waals surface area contributed by atoms with Crippen molar-refractivity contribution in [3.63, 3.8) is 0 Å². The highest BCUT2D eigenvalue weighted by atomic mass is 32.1. The summed E-state index contributed by atoms with van der Waals surface area (Å²) in [7, 11) is 0. The molecular weight excluding hydrogens is 367 g/mol. The molecule has 2 aromatic heterocycles. The smallest absolute Gasteiger partial charge is 0.269 e. The maximum Gasteiger partial charge on any atom is 0.269 e. The molecule has 1 amide bonds. The monoisotopic (exact) mass is 388 g/mol. The molecule has 3 heterocycles. The van der Waals surface area contributed by atoms with E-state index in [2.05, 4.69) is 29.0 Å². The summed E-state index contributed by atoms with van der Waals surface area (Å²) in [5.41, 5.74) is 1.32. The Bertz CT molecular complexity index is 983. The SMILES string of the molecule is CC(C)N1C[C@H](NC(=O)c2csc3nc(-c4ccccc4F)cn23)[C@@H](O)C1. The van der Waals surface area contributed by atoms with E-state index < -0.39 is 6.10 Å². The Morgan fingerprint density at radius 1 is 1.37 bits per heavy atom. The van der Waals surface area contributed by atoms with Crippen LogP contribution in [0.5, 0.6) is 0 Å². The second kappa shape index (κ2) is 7.03. The molecule has 0 aliphatic carbocycles. The lowest BCUT2D eigenvalue weighted by atomic mass is 10.1. The lowest BCUT2D eigenvalue weighted by Crippen LogP contribution is -2.43. The molecule has 1 aromatic carbocycles. The number of nitrogens with zero attached hydrogens (tertiary/aromatic N) is 3. The van der Waals surface area contributed by atoms with E-state index in [9.17, 15) is 14.3 Å². The number of nitrogens with one attached hydrogen (secondary N) is 1. The highest BCUT2D eigenvalue weighted by molar-refractivity contribution is 7.15. The highest BCUT2D eigenvalue weighted by Crippen LogP contribution is 2.26. The minimum absolute atomic E-state index is 0.270. The Hall–Kier alpha value is -2.29. The number of carbonyl (C=O) groups is 1. The van der Waals surface area contributed by atoms with Crippen LogP contribution in [0, 0.1) is 5.82 Å². The number of aliphatic hydroxyl groups is 1. The second-order valence-corrected chi connectivity index (χ2v) is 7.91. The van der Waals surface area contributed by atoms with E-state index in [-0.39, 0.29) is 17.8 Å². The van der Waals surface area contributed by atoms with Crippen molar-refractivity contribution in [1.82, 2.24) is 19.6 Å². The lowest BCUT2D eigenvalue weighted by molar-refractivity contribution is 0.0882. The van der Waals surface area contributed by atoms with Crippen molar-refractivity contribution in [2.24, 2.45) is 0 Å². The Morgan fingerprint density at radius 2 is 2.15 bits per heavy atom. The third-order valence-corrected chi connectivity index (χ3v) is 5.80. The molecule has 6 nitrogen and oxygen atoms in total. The summed E-state index contributed by atoms with van der Waals surface area (Å²) in [5.74, 6) is -0.620. The van der Waals surface area contributed by atoms with E-state index in [4.69, 9.17) is 0 Å². The minimum atomic E-state index is -0.595. The Kier molecular flexibility index (Phi) is 4.71. The molecular formula is C19H21FN4O2S. The van der Waals surface area contributed by atoms with E-state index in [1.807, 2.05) is 0 Å². The van der Waals surface area contributed by atoms with Crippen LogP contribution in [0.25, 0.3) is 16.2 Å². The number of fused-ring (bicyclic) bond motifs is 1. The Labute approximate surface area is 160 Å². The summed E-state index contributed by atoms with van der Waals surface area (Å²) < 4.78 is 15.7. The quantitative estimate of drug-likeness (QED) is 0.720. The van der Waals surface area contributed by atoms with Gasteiger partial charge in [-0.15, -0.1) is 11.3 Å². The number of imidazole rings is 1. The molecule has 0 saturated carbocycles. The third-order valence-electron chi connectivity index (χ3n) is 4.96. The van der Waals surface area contributed by atoms with E-state index in [0.717, 1.165) is 0 Å². The predicted molar refractivity (Wildman–Crippen MR) is 102 cm³/mol. The van der Waals surface area contributed by atoms with Crippen molar-refractivity contribution in [2.45, 2.75) is 32.0 Å². The van der Waals surface area contributed by atoms with E-state index >= 15 is 0 Å². The normalized spacial score (nSPS) is 20.6. The van der Waals surface area contributed by atoms with Crippen LogP contribution in [0.4, 0.5) is 4.39 Å². The van der Waals surface area contributed by atoms with Crippen molar-refractivity contribution in [2.75, 3.05) is 13.1 Å². The summed E-state index contributed by atoms with van der Waals surface area (Å²) >= 11 is 1.32. The van der Waals surface area contributed by atoms with Gasteiger partial charge in [0.25, 0.3) is 5.91 Å². The molecule has 1 saturated heterocycles. The number of aliphatic hydroxyl groups excluding tert-OH is 1. The summed E-state index contributed by atoms with van der Waals surface area (Å²) in [5, 5.41) is 14.9. The zero-order chi connectivity index (χ0) is 19.1. The van der Waals surface area contributed by atoms with Gasteiger partial charge >= 0.3 is 0 Å². The molecule has 27 heavy (non-hydrogen) atoms. The molecule has 2 atom stereocenters. The molecule has 0 unspecified atom stereocenters. The first-order valence-electron chi connectivity index (χ1n) is 8.88. The van der Waals surface area contributed by atoms with Gasteiger partial charge in [0.05, 0.1) is 17.8 Å². The predicted octanol–water partition coefficient (Wildman–Crippen LogP) is 2.39. The largest absolute Gasteiger partial charge is 0.390 e. The fourth-order valence-corrected chi connectivity index (χ4v) is 4.22. The number of hydrogen-bond acceptors (Lipinski definition) is 5. The first kappa shape index (κ1) is 18.1. The molecule has 3 aromatic rings. The van der Waals surface area contributed by atoms with Gasteiger partial charge in [0.1, 0.15) is 11.5 Å². The molecule has 4 rings (SSSR count). The van der Waals surface area contributed by atoms with Crippen LogP contribution >= 0.6 is 11.3 Å². The fraction of sp³-hybridized carbons (Fsp3) is 0.368. The lowest BCUT2D eigenvalue weighted by Gasteiger charge is -2.19. The highest BCUT2D eigenvalue weighted by Gasteiger charge is 2.34. The molecule has 1 aliphatic heterocycles. The minimum Gasteiger partial charge on any atom is -0.390 e. The molecule has 142 valence electrons. The van der Waals surface area contributed by atoms with Gasteiger partial charge in [0.2, 0.25) is 0 Å². The summed E-state index contributed by atoms with van der Waals surface area (Å²) in [6, 6.07) is 6.43. The van der Waals surface area contributed by atoms with Crippen molar-refractivity contribution in [1.29, 1.82) is 0 Å². The van der Waals surface area contributed by atoms with Gasteiger partial charge in [-0.05, 0) is 26.0 Å². The van der Waals surface area contributed by atoms with Gasteiger partial charge in [-0.25, -0.2) is 9.37 Å². The zero-order valence-corrected chi connectivity index (χ0v) is 15.9. The van der Waals surface area contributed by atoms with Crippen LogP contribution < -0.4 is 5.32 Å². The fourth-order valence-electron chi connectivity index (χ4n) is 3.37. The van der Waals surface area contributed by atoms with Gasteiger partial charge in [-0.3, -0.25) is 14.1 Å². The van der Waals surface area contributed by atoms with Crippen molar-refractivity contribution in [3.8, 4) is 11.3 Å². The molecule has 0 bridgehead atoms. The van der Waals surface area contributed by atoms with Crippen molar-refractivity contribution >= 4 is 22.2 Å². The number of amides is 1. The van der Waals surface area contributed by atoms with Gasteiger partial charge in [-0.2, -0.15) is 0 Å². The molecule has 0 radical (unpaired) electrons. The van der Waals surface area contributed by atoms with Gasteiger partial charge in [0, 0.05) is 36.3 Å². The van der Waals surface area contributed by atoms with Crippen LogP contribution in [0.1, 0.15) is 24.3 Å². The molecule has 1 aliphatic rings. The third kappa shape index (κ3) is 3.36. The zero-order valence-electron chi connectivity index (χ0n) is 15.1. The van der Waals surface area contributed by atoms with Crippen LogP contribution in [0.2, 0.25) is 0 Å². The standard InChI is InChI=1S/C19H21FN4O2S/c1-11(2)23-7-15(17(25)9-23)21-18(26)16-10-27-19-22-14(8-24(16)19)12-5-3-4-6-13(12)20/h3-6,8,10-11,15,17,25H,7,9H2,1-2H3,(H,21,26)/t15-,17-/m0/s1. The molecule has 1 fully saturated rings. The molecule has 8 heteroatoms. The van der Waals surface area contributed by atoms with Crippen molar-refractivity contribution < 1.29 is 14.3 Å². The number of rotatable bonds is 4. The first-order chi connectivity index (χ1) is 12.9. The average Bonchev–Trinajstić information content (AvgIpc) is 3.30. The van der Waals surface area contributed by atoms with Gasteiger partial charge < -0.3 is 10.4 Å². The van der Waals surface area contributed by atoms with Crippen LogP contribution in [0.15, 0.2) is 35.8 Å². The Morgan fingerprint density at radius 3 is 2.85 bits per heavy atom. The number of carbonyl (C=O) groups excluding carboxylic acids is 1. The summed E-state index contributed by atoms with van der Waals surface area (Å²) in [6.45, 7) is 5.29. The van der Waals surface area contributed by atoms with Crippen LogP contribution in [-0.4, -0.2) is 56.6 Å². The van der Waals surface area contributed by atoms with Crippen LogP contribution in [0.3, 0.4) is 0 Å². The first-order valence-corrected chi connectivity index (χ1v) is 9.76.